The number of thiazole rings is 1. The van der Waals surface area contributed by atoms with E-state index in [0.717, 1.165) is 9.88 Å². The minimum Gasteiger partial charge on any atom is -0.339 e. The predicted molar refractivity (Wildman–Crippen MR) is 52.1 cm³/mol. The SMILES string of the molecule is CC#CC(=O)NCc1ncc(C)s1. The van der Waals surface area contributed by atoms with Crippen molar-refractivity contribution in [2.75, 3.05) is 0 Å². The molecule has 0 aromatic carbocycles. The van der Waals surface area contributed by atoms with Gasteiger partial charge in [-0.25, -0.2) is 4.98 Å². The highest BCUT2D eigenvalue weighted by atomic mass is 32.1. The van der Waals surface area contributed by atoms with Gasteiger partial charge in [0.2, 0.25) is 0 Å². The second-order valence-corrected chi connectivity index (χ2v) is 3.74. The van der Waals surface area contributed by atoms with E-state index >= 15 is 0 Å². The number of hydrogen-bond acceptors (Lipinski definition) is 3. The fourth-order valence-corrected chi connectivity index (χ4v) is 1.52. The molecule has 1 amide bonds. The van der Waals surface area contributed by atoms with Crippen LogP contribution in [0.5, 0.6) is 0 Å². The van der Waals surface area contributed by atoms with Crippen LogP contribution in [-0.4, -0.2) is 10.9 Å². The molecule has 0 spiro atoms. The molecule has 0 fully saturated rings. The molecule has 1 aromatic rings. The van der Waals surface area contributed by atoms with Crippen molar-refractivity contribution in [1.29, 1.82) is 0 Å². The van der Waals surface area contributed by atoms with Gasteiger partial charge in [-0.15, -0.1) is 11.3 Å². The maximum Gasteiger partial charge on any atom is 0.296 e. The number of carbonyl (C=O) groups is 1. The number of hydrogen-bond donors (Lipinski definition) is 1. The van der Waals surface area contributed by atoms with Gasteiger partial charge >= 0.3 is 0 Å². The number of aromatic nitrogens is 1. The Kier molecular flexibility index (Phi) is 3.47. The molecule has 0 radical (unpaired) electrons. The van der Waals surface area contributed by atoms with Crippen LogP contribution in [0.15, 0.2) is 6.20 Å². The van der Waals surface area contributed by atoms with E-state index in [9.17, 15) is 4.79 Å². The molecular weight excluding hydrogens is 184 g/mol. The first-order chi connectivity index (χ1) is 6.22. The van der Waals surface area contributed by atoms with Crippen molar-refractivity contribution in [3.63, 3.8) is 0 Å². The Bertz CT molecular complexity index is 359. The molecule has 3 nitrogen and oxygen atoms in total. The van der Waals surface area contributed by atoms with Crippen LogP contribution in [0.2, 0.25) is 0 Å². The van der Waals surface area contributed by atoms with Crippen LogP contribution in [0, 0.1) is 18.8 Å². The van der Waals surface area contributed by atoms with Gasteiger partial charge in [-0.05, 0) is 19.8 Å². The molecule has 0 saturated heterocycles. The van der Waals surface area contributed by atoms with Crippen LogP contribution in [-0.2, 0) is 11.3 Å². The Balaban J connectivity index is 2.42. The summed E-state index contributed by atoms with van der Waals surface area (Å²) < 4.78 is 0. The van der Waals surface area contributed by atoms with Crippen molar-refractivity contribution in [1.82, 2.24) is 10.3 Å². The number of aryl methyl sites for hydroxylation is 1. The summed E-state index contributed by atoms with van der Waals surface area (Å²) in [4.78, 5) is 16.2. The molecule has 1 aromatic heterocycles. The minimum atomic E-state index is -0.254. The summed E-state index contributed by atoms with van der Waals surface area (Å²) >= 11 is 1.57. The second kappa shape index (κ2) is 4.63. The lowest BCUT2D eigenvalue weighted by atomic mass is 10.5. The second-order valence-electron chi connectivity index (χ2n) is 2.42. The van der Waals surface area contributed by atoms with Gasteiger partial charge in [-0.1, -0.05) is 5.92 Å². The van der Waals surface area contributed by atoms with Crippen molar-refractivity contribution >= 4 is 17.2 Å². The third kappa shape index (κ3) is 3.26. The first kappa shape index (κ1) is 9.75. The number of nitrogens with zero attached hydrogens (tertiary/aromatic N) is 1. The van der Waals surface area contributed by atoms with Crippen LogP contribution >= 0.6 is 11.3 Å². The van der Waals surface area contributed by atoms with Gasteiger partial charge in [-0.3, -0.25) is 4.79 Å². The average Bonchev–Trinajstić information content (AvgIpc) is 2.49. The van der Waals surface area contributed by atoms with Crippen molar-refractivity contribution in [3.05, 3.63) is 16.1 Å². The zero-order chi connectivity index (χ0) is 9.68. The number of nitrogens with one attached hydrogen (secondary N) is 1. The van der Waals surface area contributed by atoms with Gasteiger partial charge in [0.05, 0.1) is 6.54 Å². The molecule has 0 atom stereocenters. The zero-order valence-electron chi connectivity index (χ0n) is 7.55. The summed E-state index contributed by atoms with van der Waals surface area (Å²) in [5.41, 5.74) is 0. The molecule has 0 bridgehead atoms. The molecule has 4 heteroatoms. The Labute approximate surface area is 81.2 Å². The third-order valence-corrected chi connectivity index (χ3v) is 2.22. The summed E-state index contributed by atoms with van der Waals surface area (Å²) in [5, 5.41) is 3.55. The molecule has 0 aliphatic rings. The summed E-state index contributed by atoms with van der Waals surface area (Å²) in [6, 6.07) is 0. The molecule has 0 aliphatic heterocycles. The molecule has 68 valence electrons. The number of amides is 1. The quantitative estimate of drug-likeness (QED) is 0.716. The Morgan fingerprint density at radius 2 is 2.54 bits per heavy atom. The van der Waals surface area contributed by atoms with Crippen molar-refractivity contribution in [3.8, 4) is 11.8 Å². The van der Waals surface area contributed by atoms with E-state index in [1.165, 1.54) is 0 Å². The van der Waals surface area contributed by atoms with Gasteiger partial charge in [0.1, 0.15) is 5.01 Å². The fourth-order valence-electron chi connectivity index (χ4n) is 0.797. The Hall–Kier alpha value is -1.34. The first-order valence-corrected chi connectivity index (χ1v) is 4.66. The lowest BCUT2D eigenvalue weighted by Gasteiger charge is -1.94. The molecule has 0 unspecified atom stereocenters. The van der Waals surface area contributed by atoms with Crippen LogP contribution in [0.1, 0.15) is 16.8 Å². The number of rotatable bonds is 2. The lowest BCUT2D eigenvalue weighted by Crippen LogP contribution is -2.20. The highest BCUT2D eigenvalue weighted by molar-refractivity contribution is 7.11. The van der Waals surface area contributed by atoms with Crippen molar-refractivity contribution in [2.45, 2.75) is 20.4 Å². The average molecular weight is 194 g/mol. The smallest absolute Gasteiger partial charge is 0.296 e. The monoisotopic (exact) mass is 194 g/mol. The molecule has 1 rings (SSSR count). The van der Waals surface area contributed by atoms with E-state index in [2.05, 4.69) is 22.1 Å². The van der Waals surface area contributed by atoms with Gasteiger partial charge in [-0.2, -0.15) is 0 Å². The van der Waals surface area contributed by atoms with E-state index in [1.807, 2.05) is 6.92 Å². The molecule has 0 saturated carbocycles. The summed E-state index contributed by atoms with van der Waals surface area (Å²) in [7, 11) is 0. The highest BCUT2D eigenvalue weighted by Crippen LogP contribution is 2.09. The van der Waals surface area contributed by atoms with Crippen LogP contribution < -0.4 is 5.32 Å². The minimum absolute atomic E-state index is 0.254. The third-order valence-electron chi connectivity index (χ3n) is 1.31. The topological polar surface area (TPSA) is 42.0 Å². The van der Waals surface area contributed by atoms with E-state index in [1.54, 1.807) is 24.5 Å². The predicted octanol–water partition coefficient (Wildman–Crippen LogP) is 1.09. The molecule has 13 heavy (non-hydrogen) atoms. The van der Waals surface area contributed by atoms with E-state index in [-0.39, 0.29) is 5.91 Å². The van der Waals surface area contributed by atoms with Gasteiger partial charge in [0, 0.05) is 11.1 Å². The zero-order valence-corrected chi connectivity index (χ0v) is 8.36. The number of carbonyl (C=O) groups excluding carboxylic acids is 1. The maximum absolute atomic E-state index is 10.9. The highest BCUT2D eigenvalue weighted by Gasteiger charge is 1.99. The van der Waals surface area contributed by atoms with E-state index < -0.39 is 0 Å². The molecule has 1 heterocycles. The van der Waals surface area contributed by atoms with Gasteiger partial charge in [0.25, 0.3) is 5.91 Å². The molecule has 0 aliphatic carbocycles. The van der Waals surface area contributed by atoms with Gasteiger partial charge in [0.15, 0.2) is 0 Å². The summed E-state index contributed by atoms with van der Waals surface area (Å²) in [5.74, 6) is 4.67. The fraction of sp³-hybridized carbons (Fsp3) is 0.333. The normalized spacial score (nSPS) is 8.77. The van der Waals surface area contributed by atoms with Crippen LogP contribution in [0.25, 0.3) is 0 Å². The first-order valence-electron chi connectivity index (χ1n) is 3.84. The standard InChI is InChI=1S/C9H10N2OS/c1-3-4-8(12)10-6-9-11-5-7(2)13-9/h5H,6H2,1-2H3,(H,10,12). The van der Waals surface area contributed by atoms with E-state index in [0.29, 0.717) is 6.54 Å². The summed E-state index contributed by atoms with van der Waals surface area (Å²) in [6.45, 7) is 4.08. The maximum atomic E-state index is 10.9. The Morgan fingerprint density at radius 1 is 1.77 bits per heavy atom. The van der Waals surface area contributed by atoms with Gasteiger partial charge < -0.3 is 5.32 Å². The van der Waals surface area contributed by atoms with Crippen LogP contribution in [0.3, 0.4) is 0 Å². The lowest BCUT2D eigenvalue weighted by molar-refractivity contribution is -0.115. The Morgan fingerprint density at radius 3 is 3.08 bits per heavy atom. The van der Waals surface area contributed by atoms with Crippen molar-refractivity contribution < 1.29 is 4.79 Å². The van der Waals surface area contributed by atoms with Crippen LogP contribution in [0.4, 0.5) is 0 Å². The summed E-state index contributed by atoms with van der Waals surface area (Å²) in [6.07, 6.45) is 1.79. The molecular formula is C9H10N2OS. The largest absolute Gasteiger partial charge is 0.339 e. The van der Waals surface area contributed by atoms with E-state index in [4.69, 9.17) is 0 Å². The van der Waals surface area contributed by atoms with Crippen molar-refractivity contribution in [2.24, 2.45) is 0 Å². The molecule has 1 N–H and O–H groups in total.